The summed E-state index contributed by atoms with van der Waals surface area (Å²) < 4.78 is 19.3. The Labute approximate surface area is 165 Å². The Morgan fingerprint density at radius 3 is 1.71 bits per heavy atom. The second kappa shape index (κ2) is 15.4. The van der Waals surface area contributed by atoms with E-state index in [1.54, 1.807) is 6.08 Å². The van der Waals surface area contributed by atoms with Crippen molar-refractivity contribution in [2.45, 2.75) is 72.0 Å². The topological polar surface area (TPSA) is 105 Å². The summed E-state index contributed by atoms with van der Waals surface area (Å²) >= 11 is 0. The van der Waals surface area contributed by atoms with Gasteiger partial charge in [-0.05, 0) is 43.9 Å². The summed E-state index contributed by atoms with van der Waals surface area (Å²) in [7, 11) is 0. The highest BCUT2D eigenvalue weighted by atomic mass is 16.5. The number of hydrogen-bond acceptors (Lipinski definition) is 8. The molecule has 0 aromatic carbocycles. The van der Waals surface area contributed by atoms with Crippen molar-refractivity contribution in [3.8, 4) is 0 Å². The quantitative estimate of drug-likeness (QED) is 0.221. The number of esters is 4. The molecule has 8 nitrogen and oxygen atoms in total. The molecule has 0 aliphatic heterocycles. The molecule has 0 aromatic heterocycles. The zero-order chi connectivity index (χ0) is 21.4. The van der Waals surface area contributed by atoms with Gasteiger partial charge in [0.25, 0.3) is 0 Å². The third-order valence-electron chi connectivity index (χ3n) is 3.32. The minimum absolute atomic E-state index is 0.184. The lowest BCUT2D eigenvalue weighted by Gasteiger charge is -2.19. The van der Waals surface area contributed by atoms with Gasteiger partial charge in [0.15, 0.2) is 0 Å². The van der Waals surface area contributed by atoms with Crippen molar-refractivity contribution in [3.05, 3.63) is 24.5 Å². The van der Waals surface area contributed by atoms with E-state index in [-0.39, 0.29) is 36.1 Å². The summed E-state index contributed by atoms with van der Waals surface area (Å²) in [5.74, 6) is -1.23. The Morgan fingerprint density at radius 2 is 1.32 bits per heavy atom. The van der Waals surface area contributed by atoms with Gasteiger partial charge in [-0.25, -0.2) is 0 Å². The van der Waals surface area contributed by atoms with Crippen LogP contribution in [-0.2, 0) is 38.1 Å². The van der Waals surface area contributed by atoms with Crippen LogP contribution < -0.4 is 0 Å². The zero-order valence-corrected chi connectivity index (χ0v) is 17.0. The maximum atomic E-state index is 10.8. The van der Waals surface area contributed by atoms with Gasteiger partial charge in [0.2, 0.25) is 0 Å². The molecule has 0 saturated carbocycles. The van der Waals surface area contributed by atoms with E-state index in [0.29, 0.717) is 13.0 Å². The Hall–Kier alpha value is -2.64. The molecule has 2 unspecified atom stereocenters. The molecule has 1 rings (SSSR count). The van der Waals surface area contributed by atoms with Crippen LogP contribution in [0.3, 0.4) is 0 Å². The molecule has 0 bridgehead atoms. The van der Waals surface area contributed by atoms with Gasteiger partial charge in [-0.3, -0.25) is 19.2 Å². The lowest BCUT2D eigenvalue weighted by atomic mass is 10.0. The van der Waals surface area contributed by atoms with Crippen LogP contribution >= 0.6 is 0 Å². The molecule has 0 heterocycles. The van der Waals surface area contributed by atoms with E-state index in [4.69, 9.17) is 9.47 Å². The largest absolute Gasteiger partial charge is 0.466 e. The van der Waals surface area contributed by atoms with Crippen LogP contribution in [-0.4, -0.2) is 42.7 Å². The average molecular weight is 398 g/mol. The third kappa shape index (κ3) is 16.8. The highest BCUT2D eigenvalue weighted by Crippen LogP contribution is 2.16. The van der Waals surface area contributed by atoms with Crippen LogP contribution in [0.4, 0.5) is 0 Å². The Bertz CT molecular complexity index is 537. The monoisotopic (exact) mass is 398 g/mol. The molecule has 0 spiro atoms. The number of carbonyl (C=O) groups excluding carboxylic acids is 4. The maximum Gasteiger partial charge on any atom is 0.307 e. The number of hydrogen-bond donors (Lipinski definition) is 0. The molecule has 1 aliphatic carbocycles. The van der Waals surface area contributed by atoms with E-state index in [2.05, 4.69) is 9.47 Å². The summed E-state index contributed by atoms with van der Waals surface area (Å²) in [4.78, 5) is 42.1. The van der Waals surface area contributed by atoms with E-state index >= 15 is 0 Å². The summed E-state index contributed by atoms with van der Waals surface area (Å²) in [6.07, 6.45) is 10.3. The molecular weight excluding hydrogens is 368 g/mol. The molecule has 1 aliphatic rings. The first kappa shape index (κ1) is 25.4. The first-order valence-corrected chi connectivity index (χ1v) is 9.19. The van der Waals surface area contributed by atoms with Gasteiger partial charge < -0.3 is 18.9 Å². The minimum atomic E-state index is -0.362. The van der Waals surface area contributed by atoms with Gasteiger partial charge >= 0.3 is 23.9 Å². The van der Waals surface area contributed by atoms with Gasteiger partial charge in [0, 0.05) is 34.1 Å². The van der Waals surface area contributed by atoms with Gasteiger partial charge in [0.05, 0.1) is 12.9 Å². The second-order valence-corrected chi connectivity index (χ2v) is 6.08. The maximum absolute atomic E-state index is 10.8. The lowest BCUT2D eigenvalue weighted by molar-refractivity contribution is -0.146. The van der Waals surface area contributed by atoms with Crippen LogP contribution in [0.15, 0.2) is 24.5 Å². The Balaban J connectivity index is 0.000000546. The average Bonchev–Trinajstić information content (AvgIpc) is 2.56. The molecule has 28 heavy (non-hydrogen) atoms. The summed E-state index contributed by atoms with van der Waals surface area (Å²) in [6.45, 7) is 5.77. The van der Waals surface area contributed by atoms with Crippen LogP contribution in [0.2, 0.25) is 0 Å². The van der Waals surface area contributed by atoms with Crippen molar-refractivity contribution in [1.29, 1.82) is 0 Å². The second-order valence-electron chi connectivity index (χ2n) is 6.08. The molecule has 0 saturated heterocycles. The van der Waals surface area contributed by atoms with Crippen molar-refractivity contribution in [3.63, 3.8) is 0 Å². The van der Waals surface area contributed by atoms with Crippen LogP contribution in [0.1, 0.15) is 59.8 Å². The number of carbonyl (C=O) groups is 4. The van der Waals surface area contributed by atoms with Crippen molar-refractivity contribution in [2.75, 3.05) is 6.61 Å². The van der Waals surface area contributed by atoms with E-state index in [1.165, 1.54) is 34.0 Å². The Kier molecular flexibility index (Phi) is 14.0. The fourth-order valence-electron chi connectivity index (χ4n) is 2.24. The summed E-state index contributed by atoms with van der Waals surface area (Å²) in [6, 6.07) is 0. The first-order valence-electron chi connectivity index (χ1n) is 9.19. The lowest BCUT2D eigenvalue weighted by Crippen LogP contribution is -2.19. The van der Waals surface area contributed by atoms with Gasteiger partial charge in [0.1, 0.15) is 12.2 Å². The first-order chi connectivity index (χ1) is 13.2. The van der Waals surface area contributed by atoms with Gasteiger partial charge in [-0.2, -0.15) is 0 Å². The molecule has 8 heteroatoms. The molecule has 0 fully saturated rings. The smallest absolute Gasteiger partial charge is 0.307 e. The number of rotatable bonds is 6. The van der Waals surface area contributed by atoms with Crippen molar-refractivity contribution in [1.82, 2.24) is 0 Å². The van der Waals surface area contributed by atoms with Gasteiger partial charge in [-0.15, -0.1) is 0 Å². The fourth-order valence-corrected chi connectivity index (χ4v) is 2.24. The predicted molar refractivity (Wildman–Crippen MR) is 101 cm³/mol. The SMILES string of the molecule is CC(=O)OC1C=CC(OC(C)=O)CCCC1.CC(=O)OC=CCCOC(C)=O. The van der Waals surface area contributed by atoms with E-state index in [9.17, 15) is 19.2 Å². The molecule has 0 aromatic rings. The molecule has 158 valence electrons. The van der Waals surface area contributed by atoms with Crippen LogP contribution in [0.25, 0.3) is 0 Å². The predicted octanol–water partition coefficient (Wildman–Crippen LogP) is 3.00. The van der Waals surface area contributed by atoms with Crippen molar-refractivity contribution in [2.24, 2.45) is 0 Å². The molecule has 0 N–H and O–H groups in total. The van der Waals surface area contributed by atoms with Crippen LogP contribution in [0, 0.1) is 0 Å². The Morgan fingerprint density at radius 1 is 0.821 bits per heavy atom. The van der Waals surface area contributed by atoms with Crippen molar-refractivity contribution < 1.29 is 38.1 Å². The highest BCUT2D eigenvalue weighted by molar-refractivity contribution is 5.67. The minimum Gasteiger partial charge on any atom is -0.466 e. The van der Waals surface area contributed by atoms with E-state index < -0.39 is 0 Å². The van der Waals surface area contributed by atoms with Crippen molar-refractivity contribution >= 4 is 23.9 Å². The zero-order valence-electron chi connectivity index (χ0n) is 17.0. The molecule has 0 amide bonds. The summed E-state index contributed by atoms with van der Waals surface area (Å²) in [5.41, 5.74) is 0. The molecule has 2 atom stereocenters. The fraction of sp³-hybridized carbons (Fsp3) is 0.600. The highest BCUT2D eigenvalue weighted by Gasteiger charge is 2.15. The molecular formula is C20H30O8. The van der Waals surface area contributed by atoms with Gasteiger partial charge in [-0.1, -0.05) is 0 Å². The van der Waals surface area contributed by atoms with E-state index in [1.807, 2.05) is 12.2 Å². The third-order valence-corrected chi connectivity index (χ3v) is 3.32. The standard InChI is InChI=1S/C12H18O4.C8H12O4/c1-9(13)15-11-5-3-4-6-12(8-7-11)16-10(2)14;1-7(9)11-5-3-4-6-12-8(2)10/h7-8,11-12H,3-6H2,1-2H3;3,5H,4,6H2,1-2H3. The molecule has 0 radical (unpaired) electrons. The normalized spacial score (nSPS) is 18.7. The summed E-state index contributed by atoms with van der Waals surface area (Å²) in [5, 5.41) is 0. The number of ether oxygens (including phenoxy) is 4. The van der Waals surface area contributed by atoms with Crippen LogP contribution in [0.5, 0.6) is 0 Å². The van der Waals surface area contributed by atoms with E-state index in [0.717, 1.165) is 25.7 Å².